The van der Waals surface area contributed by atoms with Crippen molar-refractivity contribution in [2.45, 2.75) is 0 Å². The normalized spacial score (nSPS) is 11.2. The Labute approximate surface area is 160 Å². The molecule has 136 valence electrons. The van der Waals surface area contributed by atoms with Crippen LogP contribution < -0.4 is 5.56 Å². The van der Waals surface area contributed by atoms with Crippen molar-refractivity contribution in [3.63, 3.8) is 0 Å². The van der Waals surface area contributed by atoms with Gasteiger partial charge in [0, 0.05) is 36.8 Å². The van der Waals surface area contributed by atoms with E-state index in [4.69, 9.17) is 0 Å². The van der Waals surface area contributed by atoms with Gasteiger partial charge in [0.2, 0.25) is 0 Å². The van der Waals surface area contributed by atoms with E-state index in [2.05, 4.69) is 15.1 Å². The predicted octanol–water partition coefficient (Wildman–Crippen LogP) is 3.76. The zero-order chi connectivity index (χ0) is 19.1. The number of H-pyrrole nitrogens is 1. The number of aromatic nitrogens is 5. The van der Waals surface area contributed by atoms with Crippen molar-refractivity contribution < 1.29 is 0 Å². The molecule has 0 bridgehead atoms. The van der Waals surface area contributed by atoms with E-state index in [1.807, 2.05) is 84.7 Å². The molecule has 0 saturated carbocycles. The molecule has 5 aromatic rings. The first-order valence-corrected chi connectivity index (χ1v) is 8.96. The Morgan fingerprint density at radius 3 is 2.25 bits per heavy atom. The lowest BCUT2D eigenvalue weighted by Gasteiger charge is -2.05. The number of benzene rings is 2. The molecule has 0 fully saturated rings. The van der Waals surface area contributed by atoms with Gasteiger partial charge in [-0.25, -0.2) is 9.50 Å². The fraction of sp³-hybridized carbons (Fsp3) is 0.0455. The second kappa shape index (κ2) is 6.35. The van der Waals surface area contributed by atoms with Crippen molar-refractivity contribution in [2.75, 3.05) is 0 Å². The fourth-order valence-corrected chi connectivity index (χ4v) is 3.52. The van der Waals surface area contributed by atoms with Gasteiger partial charge in [0.05, 0.1) is 0 Å². The van der Waals surface area contributed by atoms with Crippen molar-refractivity contribution in [2.24, 2.45) is 7.05 Å². The first kappa shape index (κ1) is 16.3. The van der Waals surface area contributed by atoms with Crippen LogP contribution in [-0.4, -0.2) is 24.1 Å². The highest BCUT2D eigenvalue weighted by atomic mass is 16.1. The number of imidazole rings is 1. The van der Waals surface area contributed by atoms with Crippen LogP contribution in [0.2, 0.25) is 0 Å². The number of hydrogen-bond donors (Lipinski definition) is 1. The van der Waals surface area contributed by atoms with E-state index >= 15 is 0 Å². The van der Waals surface area contributed by atoms with Crippen molar-refractivity contribution >= 4 is 5.52 Å². The van der Waals surface area contributed by atoms with Crippen LogP contribution in [0, 0.1) is 0 Å². The maximum absolute atomic E-state index is 13.1. The van der Waals surface area contributed by atoms with Gasteiger partial charge in [0.25, 0.3) is 5.56 Å². The standard InChI is InChI=1S/C22H17N5O/c1-26-13-12-23-21(26)20-24-22(28)19-18(16-10-6-3-7-11-16)17(14-27(19)25-20)15-8-4-2-5-9-15/h2-14H,1H3,(H,24,25,28). The molecule has 0 aliphatic rings. The monoisotopic (exact) mass is 367 g/mol. The summed E-state index contributed by atoms with van der Waals surface area (Å²) in [6, 6.07) is 19.9. The van der Waals surface area contributed by atoms with E-state index < -0.39 is 0 Å². The van der Waals surface area contributed by atoms with Crippen LogP contribution in [0.3, 0.4) is 0 Å². The van der Waals surface area contributed by atoms with Crippen LogP contribution >= 0.6 is 0 Å². The molecular weight excluding hydrogens is 350 g/mol. The molecule has 1 N–H and O–H groups in total. The fourth-order valence-electron chi connectivity index (χ4n) is 3.52. The molecule has 0 saturated heterocycles. The van der Waals surface area contributed by atoms with Gasteiger partial charge in [0.15, 0.2) is 11.6 Å². The molecular formula is C22H17N5O. The number of nitrogens with one attached hydrogen (secondary N) is 1. The molecule has 0 amide bonds. The molecule has 0 spiro atoms. The minimum Gasteiger partial charge on any atom is -0.331 e. The number of aromatic amines is 1. The topological polar surface area (TPSA) is 68.0 Å². The van der Waals surface area contributed by atoms with E-state index in [-0.39, 0.29) is 5.56 Å². The highest BCUT2D eigenvalue weighted by molar-refractivity contribution is 5.94. The molecule has 6 nitrogen and oxygen atoms in total. The maximum Gasteiger partial charge on any atom is 0.276 e. The Hall–Kier alpha value is -3.93. The van der Waals surface area contributed by atoms with E-state index in [1.165, 1.54) is 0 Å². The summed E-state index contributed by atoms with van der Waals surface area (Å²) in [6.45, 7) is 0. The van der Waals surface area contributed by atoms with E-state index in [1.54, 1.807) is 10.7 Å². The first-order chi connectivity index (χ1) is 13.7. The minimum atomic E-state index is -0.200. The van der Waals surface area contributed by atoms with Crippen LogP contribution in [0.25, 0.3) is 39.4 Å². The maximum atomic E-state index is 13.1. The van der Waals surface area contributed by atoms with Crippen molar-refractivity contribution in [3.05, 3.63) is 89.6 Å². The van der Waals surface area contributed by atoms with Gasteiger partial charge < -0.3 is 9.55 Å². The zero-order valence-corrected chi connectivity index (χ0v) is 15.2. The van der Waals surface area contributed by atoms with Gasteiger partial charge >= 0.3 is 0 Å². The smallest absolute Gasteiger partial charge is 0.276 e. The van der Waals surface area contributed by atoms with E-state index in [0.29, 0.717) is 17.2 Å². The highest BCUT2D eigenvalue weighted by Gasteiger charge is 2.19. The Morgan fingerprint density at radius 1 is 0.929 bits per heavy atom. The molecule has 2 aromatic carbocycles. The molecule has 28 heavy (non-hydrogen) atoms. The summed E-state index contributed by atoms with van der Waals surface area (Å²) in [5, 5.41) is 4.65. The number of fused-ring (bicyclic) bond motifs is 1. The molecule has 3 aromatic heterocycles. The predicted molar refractivity (Wildman–Crippen MR) is 109 cm³/mol. The van der Waals surface area contributed by atoms with Crippen LogP contribution in [-0.2, 0) is 7.05 Å². The molecule has 0 unspecified atom stereocenters. The van der Waals surface area contributed by atoms with E-state index in [9.17, 15) is 4.79 Å². The van der Waals surface area contributed by atoms with Crippen molar-refractivity contribution in [1.29, 1.82) is 0 Å². The lowest BCUT2D eigenvalue weighted by atomic mass is 9.98. The molecule has 0 aliphatic heterocycles. The van der Waals surface area contributed by atoms with Gasteiger partial charge in [-0.15, -0.1) is 5.10 Å². The van der Waals surface area contributed by atoms with Crippen LogP contribution in [0.4, 0.5) is 0 Å². The minimum absolute atomic E-state index is 0.200. The summed E-state index contributed by atoms with van der Waals surface area (Å²) in [5.41, 5.74) is 4.15. The third-order valence-electron chi connectivity index (χ3n) is 4.82. The summed E-state index contributed by atoms with van der Waals surface area (Å²) in [5.74, 6) is 1.04. The van der Waals surface area contributed by atoms with Gasteiger partial charge in [-0.3, -0.25) is 4.79 Å². The second-order valence-electron chi connectivity index (χ2n) is 6.61. The zero-order valence-electron chi connectivity index (χ0n) is 15.2. The SMILES string of the molecule is Cn1ccnc1-c1nn2cc(-c3ccccc3)c(-c3ccccc3)c2c(=O)[nH]1. The van der Waals surface area contributed by atoms with E-state index in [0.717, 1.165) is 22.3 Å². The van der Waals surface area contributed by atoms with Crippen molar-refractivity contribution in [1.82, 2.24) is 24.1 Å². The first-order valence-electron chi connectivity index (χ1n) is 8.96. The van der Waals surface area contributed by atoms with Gasteiger partial charge in [-0.05, 0) is 11.1 Å². The highest BCUT2D eigenvalue weighted by Crippen LogP contribution is 2.35. The Morgan fingerprint density at radius 2 is 1.61 bits per heavy atom. The summed E-state index contributed by atoms with van der Waals surface area (Å²) in [4.78, 5) is 20.3. The summed E-state index contributed by atoms with van der Waals surface area (Å²) in [6.07, 6.45) is 5.41. The lowest BCUT2D eigenvalue weighted by Crippen LogP contribution is -2.15. The molecule has 0 radical (unpaired) electrons. The third kappa shape index (κ3) is 2.54. The number of rotatable bonds is 3. The van der Waals surface area contributed by atoms with Gasteiger partial charge in [-0.1, -0.05) is 60.7 Å². The van der Waals surface area contributed by atoms with Gasteiger partial charge in [0.1, 0.15) is 5.52 Å². The average molecular weight is 367 g/mol. The molecule has 0 atom stereocenters. The Balaban J connectivity index is 1.85. The third-order valence-corrected chi connectivity index (χ3v) is 4.82. The molecule has 3 heterocycles. The summed E-state index contributed by atoms with van der Waals surface area (Å²) < 4.78 is 3.48. The quantitative estimate of drug-likeness (QED) is 0.528. The van der Waals surface area contributed by atoms with Crippen LogP contribution in [0.1, 0.15) is 0 Å². The molecule has 5 rings (SSSR count). The van der Waals surface area contributed by atoms with Crippen LogP contribution in [0.15, 0.2) is 84.0 Å². The number of aryl methyl sites for hydroxylation is 1. The summed E-state index contributed by atoms with van der Waals surface area (Å²) >= 11 is 0. The largest absolute Gasteiger partial charge is 0.331 e. The number of nitrogens with zero attached hydrogens (tertiary/aromatic N) is 4. The summed E-state index contributed by atoms with van der Waals surface area (Å²) in [7, 11) is 1.87. The molecule has 6 heteroatoms. The van der Waals surface area contributed by atoms with Crippen molar-refractivity contribution in [3.8, 4) is 33.9 Å². The Bertz CT molecular complexity index is 1330. The van der Waals surface area contributed by atoms with Gasteiger partial charge in [-0.2, -0.15) is 0 Å². The molecule has 0 aliphatic carbocycles. The Kier molecular flexibility index (Phi) is 3.69. The average Bonchev–Trinajstić information content (AvgIpc) is 3.33. The number of hydrogen-bond acceptors (Lipinski definition) is 3. The van der Waals surface area contributed by atoms with Crippen LogP contribution in [0.5, 0.6) is 0 Å². The lowest BCUT2D eigenvalue weighted by molar-refractivity contribution is 0.851. The second-order valence-corrected chi connectivity index (χ2v) is 6.61.